The Morgan fingerprint density at radius 1 is 1.25 bits per heavy atom. The maximum Gasteiger partial charge on any atom is 0.271 e. The first kappa shape index (κ1) is 14.3. The summed E-state index contributed by atoms with van der Waals surface area (Å²) in [6, 6.07) is 14.6. The number of nitrogens with one attached hydrogen (secondary N) is 1. The van der Waals surface area contributed by atoms with Crippen molar-refractivity contribution in [1.29, 1.82) is 0 Å². The zero-order valence-corrected chi connectivity index (χ0v) is 11.8. The Labute approximate surface area is 122 Å². The van der Waals surface area contributed by atoms with Gasteiger partial charge in [-0.2, -0.15) is 0 Å². The summed E-state index contributed by atoms with van der Waals surface area (Å²) < 4.78 is 0. The molecule has 1 N–H and O–H groups in total. The molecule has 2 aromatic rings. The fourth-order valence-electron chi connectivity index (χ4n) is 1.92. The van der Waals surface area contributed by atoms with Gasteiger partial charge in [-0.15, -0.1) is 0 Å². The van der Waals surface area contributed by atoms with Crippen LogP contribution in [0.15, 0.2) is 48.5 Å². The highest BCUT2D eigenvalue weighted by atomic mass is 35.5. The van der Waals surface area contributed by atoms with Crippen LogP contribution in [0.1, 0.15) is 18.4 Å². The molecule has 0 bridgehead atoms. The number of anilines is 1. The van der Waals surface area contributed by atoms with Crippen LogP contribution in [-0.2, 0) is 0 Å². The highest BCUT2D eigenvalue weighted by Crippen LogP contribution is 2.27. The Balaban J connectivity index is 2.02. The lowest BCUT2D eigenvalue weighted by Crippen LogP contribution is -2.10. The Bertz CT molecular complexity index is 602. The smallest absolute Gasteiger partial charge is 0.271 e. The molecule has 2 aromatic carbocycles. The third-order valence-corrected chi connectivity index (χ3v) is 3.44. The minimum atomic E-state index is -0.456. The lowest BCUT2D eigenvalue weighted by molar-refractivity contribution is -0.384. The normalized spacial score (nSPS) is 11.9. The maximum absolute atomic E-state index is 10.6. The average molecular weight is 291 g/mol. The molecule has 2 rings (SSSR count). The lowest BCUT2D eigenvalue weighted by atomic mass is 10.0. The van der Waals surface area contributed by atoms with Gasteiger partial charge in [0.15, 0.2) is 0 Å². The van der Waals surface area contributed by atoms with Gasteiger partial charge in [-0.05, 0) is 17.5 Å². The molecule has 20 heavy (non-hydrogen) atoms. The number of nitrogens with zero attached hydrogens (tertiary/aromatic N) is 1. The molecule has 1 unspecified atom stereocenters. The number of hydrogen-bond donors (Lipinski definition) is 1. The average Bonchev–Trinajstić information content (AvgIpc) is 2.46. The molecule has 4 nitrogen and oxygen atoms in total. The van der Waals surface area contributed by atoms with E-state index in [2.05, 4.69) is 24.4 Å². The van der Waals surface area contributed by atoms with Crippen molar-refractivity contribution in [2.45, 2.75) is 12.8 Å². The number of rotatable bonds is 5. The molecule has 0 aliphatic carbocycles. The van der Waals surface area contributed by atoms with Crippen LogP contribution in [0.5, 0.6) is 0 Å². The molecular formula is C15H15ClN2O2. The van der Waals surface area contributed by atoms with Crippen molar-refractivity contribution < 1.29 is 4.92 Å². The summed E-state index contributed by atoms with van der Waals surface area (Å²) in [4.78, 5) is 10.2. The van der Waals surface area contributed by atoms with E-state index in [0.717, 1.165) is 0 Å². The van der Waals surface area contributed by atoms with Crippen molar-refractivity contribution in [2.24, 2.45) is 0 Å². The Kier molecular flexibility index (Phi) is 4.58. The molecule has 0 aliphatic rings. The van der Waals surface area contributed by atoms with E-state index in [9.17, 15) is 10.1 Å². The number of non-ortho nitro benzene ring substituents is 1. The fraction of sp³-hybridized carbons (Fsp3) is 0.200. The summed E-state index contributed by atoms with van der Waals surface area (Å²) in [6.45, 7) is 2.82. The maximum atomic E-state index is 10.6. The van der Waals surface area contributed by atoms with Gasteiger partial charge in [0.05, 0.1) is 15.6 Å². The Hall–Kier alpha value is -2.07. The molecule has 104 valence electrons. The molecule has 0 fully saturated rings. The van der Waals surface area contributed by atoms with Crippen LogP contribution >= 0.6 is 11.6 Å². The highest BCUT2D eigenvalue weighted by Gasteiger charge is 2.10. The number of halogens is 1. The van der Waals surface area contributed by atoms with Crippen LogP contribution in [0.2, 0.25) is 5.02 Å². The van der Waals surface area contributed by atoms with Gasteiger partial charge in [0, 0.05) is 18.7 Å². The van der Waals surface area contributed by atoms with Crippen molar-refractivity contribution >= 4 is 23.0 Å². The lowest BCUT2D eigenvalue weighted by Gasteiger charge is -2.14. The predicted molar refractivity (Wildman–Crippen MR) is 81.5 cm³/mol. The van der Waals surface area contributed by atoms with E-state index in [1.165, 1.54) is 17.7 Å². The van der Waals surface area contributed by atoms with Crippen LogP contribution in [0.25, 0.3) is 0 Å². The monoisotopic (exact) mass is 290 g/mol. The van der Waals surface area contributed by atoms with E-state index >= 15 is 0 Å². The number of nitro benzene ring substituents is 1. The fourth-order valence-corrected chi connectivity index (χ4v) is 2.17. The van der Waals surface area contributed by atoms with Crippen LogP contribution in [0.3, 0.4) is 0 Å². The summed E-state index contributed by atoms with van der Waals surface area (Å²) in [6.07, 6.45) is 0. The van der Waals surface area contributed by atoms with Crippen LogP contribution in [-0.4, -0.2) is 11.5 Å². The first-order valence-corrected chi connectivity index (χ1v) is 6.68. The number of hydrogen-bond acceptors (Lipinski definition) is 3. The number of nitro groups is 1. The third-order valence-electron chi connectivity index (χ3n) is 3.13. The van der Waals surface area contributed by atoms with Gasteiger partial charge in [0.1, 0.15) is 0 Å². The summed E-state index contributed by atoms with van der Waals surface area (Å²) in [5.74, 6) is 0.322. The number of benzene rings is 2. The van der Waals surface area contributed by atoms with Crippen molar-refractivity contribution in [3.63, 3.8) is 0 Å². The van der Waals surface area contributed by atoms with Gasteiger partial charge in [0.2, 0.25) is 0 Å². The second-order valence-electron chi connectivity index (χ2n) is 4.61. The standard InChI is InChI=1S/C15H15ClN2O2/c1-11(12-5-3-2-4-6-12)10-17-15-8-7-13(18(19)20)9-14(15)16/h2-9,11,17H,10H2,1H3. The van der Waals surface area contributed by atoms with Crippen LogP contribution in [0, 0.1) is 10.1 Å². The summed E-state index contributed by atoms with van der Waals surface area (Å²) >= 11 is 6.04. The van der Waals surface area contributed by atoms with E-state index in [4.69, 9.17) is 11.6 Å². The molecule has 0 radical (unpaired) electrons. The van der Waals surface area contributed by atoms with E-state index in [1.54, 1.807) is 6.07 Å². The summed E-state index contributed by atoms with van der Waals surface area (Å²) in [5.41, 5.74) is 1.94. The molecule has 1 atom stereocenters. The van der Waals surface area contributed by atoms with Gasteiger partial charge in [-0.25, -0.2) is 0 Å². The van der Waals surface area contributed by atoms with Gasteiger partial charge < -0.3 is 5.32 Å². The van der Waals surface area contributed by atoms with Crippen molar-refractivity contribution in [3.05, 3.63) is 69.2 Å². The Morgan fingerprint density at radius 3 is 2.55 bits per heavy atom. The van der Waals surface area contributed by atoms with Crippen molar-refractivity contribution in [3.8, 4) is 0 Å². The van der Waals surface area contributed by atoms with E-state index in [-0.39, 0.29) is 5.69 Å². The topological polar surface area (TPSA) is 55.2 Å². The minimum Gasteiger partial charge on any atom is -0.383 e. The van der Waals surface area contributed by atoms with Gasteiger partial charge in [-0.3, -0.25) is 10.1 Å². The first-order valence-electron chi connectivity index (χ1n) is 6.30. The zero-order chi connectivity index (χ0) is 14.5. The SMILES string of the molecule is CC(CNc1ccc([N+](=O)[O-])cc1Cl)c1ccccc1. The molecule has 0 heterocycles. The third kappa shape index (κ3) is 3.48. The van der Waals surface area contributed by atoms with Crippen molar-refractivity contribution in [1.82, 2.24) is 0 Å². The second kappa shape index (κ2) is 6.39. The van der Waals surface area contributed by atoms with Gasteiger partial charge in [0.25, 0.3) is 5.69 Å². The molecular weight excluding hydrogens is 276 g/mol. The quantitative estimate of drug-likeness (QED) is 0.653. The van der Waals surface area contributed by atoms with Gasteiger partial charge in [-0.1, -0.05) is 48.9 Å². The molecule has 0 saturated heterocycles. The van der Waals surface area contributed by atoms with Crippen LogP contribution in [0.4, 0.5) is 11.4 Å². The molecule has 0 spiro atoms. The predicted octanol–water partition coefficient (Wildman–Crippen LogP) is 4.46. The largest absolute Gasteiger partial charge is 0.383 e. The summed E-state index contributed by atoms with van der Waals surface area (Å²) in [7, 11) is 0. The zero-order valence-electron chi connectivity index (χ0n) is 11.0. The second-order valence-corrected chi connectivity index (χ2v) is 5.02. The minimum absolute atomic E-state index is 0.00309. The van der Waals surface area contributed by atoms with E-state index in [0.29, 0.717) is 23.2 Å². The van der Waals surface area contributed by atoms with Crippen molar-refractivity contribution in [2.75, 3.05) is 11.9 Å². The Morgan fingerprint density at radius 2 is 1.95 bits per heavy atom. The first-order chi connectivity index (χ1) is 9.58. The van der Waals surface area contributed by atoms with E-state index < -0.39 is 4.92 Å². The molecule has 5 heteroatoms. The van der Waals surface area contributed by atoms with Gasteiger partial charge >= 0.3 is 0 Å². The van der Waals surface area contributed by atoms with Crippen LogP contribution < -0.4 is 5.32 Å². The summed E-state index contributed by atoms with van der Waals surface area (Å²) in [5, 5.41) is 14.2. The molecule has 0 aliphatic heterocycles. The molecule has 0 amide bonds. The van der Waals surface area contributed by atoms with E-state index in [1.807, 2.05) is 18.2 Å². The molecule has 0 aromatic heterocycles. The molecule has 0 saturated carbocycles. The highest BCUT2D eigenvalue weighted by molar-refractivity contribution is 6.33.